The monoisotopic (exact) mass is 406 g/mol. The lowest BCUT2D eigenvalue weighted by Gasteiger charge is -2.35. The van der Waals surface area contributed by atoms with Gasteiger partial charge < -0.3 is 15.7 Å². The van der Waals surface area contributed by atoms with E-state index in [-0.39, 0.29) is 16.9 Å². The summed E-state index contributed by atoms with van der Waals surface area (Å²) in [5, 5.41) is 9.02. The predicted octanol–water partition coefficient (Wildman–Crippen LogP) is 3.03. The standard InChI is InChI=1S/C13H18N2O2.C7H8O3S/c1-9-2-4-10(5-3-9)11-8-15(13(16)17)7-6-12(11)14;1-6-2-4-7(5-3-6)11(8,9)10/h2-5,11-12H,6-8,14H2,1H3,(H,16,17);2-5H,1H3,(H,8,9,10). The summed E-state index contributed by atoms with van der Waals surface area (Å²) in [6.07, 6.45) is -0.126. The lowest BCUT2D eigenvalue weighted by molar-refractivity contribution is 0.126. The van der Waals surface area contributed by atoms with Crippen LogP contribution in [0.25, 0.3) is 0 Å². The summed E-state index contributed by atoms with van der Waals surface area (Å²) in [5.41, 5.74) is 9.38. The highest BCUT2D eigenvalue weighted by molar-refractivity contribution is 7.85. The van der Waals surface area contributed by atoms with Crippen LogP contribution in [0.3, 0.4) is 0 Å². The van der Waals surface area contributed by atoms with Crippen molar-refractivity contribution < 1.29 is 22.9 Å². The van der Waals surface area contributed by atoms with Gasteiger partial charge in [0.2, 0.25) is 0 Å². The van der Waals surface area contributed by atoms with Gasteiger partial charge >= 0.3 is 6.09 Å². The first-order valence-electron chi connectivity index (χ1n) is 8.92. The Morgan fingerprint density at radius 3 is 2.00 bits per heavy atom. The predicted molar refractivity (Wildman–Crippen MR) is 107 cm³/mol. The molecule has 0 spiro atoms. The zero-order valence-electron chi connectivity index (χ0n) is 15.9. The number of rotatable bonds is 2. The molecule has 1 fully saturated rings. The molecule has 152 valence electrons. The summed E-state index contributed by atoms with van der Waals surface area (Å²) in [6.45, 7) is 4.92. The van der Waals surface area contributed by atoms with Gasteiger partial charge in [0.25, 0.3) is 10.1 Å². The van der Waals surface area contributed by atoms with Crippen LogP contribution in [-0.4, -0.2) is 48.2 Å². The first kappa shape index (κ1) is 21.9. The zero-order chi connectivity index (χ0) is 20.9. The van der Waals surface area contributed by atoms with E-state index < -0.39 is 16.2 Å². The number of hydrogen-bond acceptors (Lipinski definition) is 4. The Kier molecular flexibility index (Phi) is 7.17. The number of hydrogen-bond donors (Lipinski definition) is 3. The smallest absolute Gasteiger partial charge is 0.407 e. The third-order valence-corrected chi connectivity index (χ3v) is 5.63. The van der Waals surface area contributed by atoms with Crippen molar-refractivity contribution in [3.05, 3.63) is 65.2 Å². The molecular formula is C20H26N2O5S. The maximum absolute atomic E-state index is 11.0. The fourth-order valence-corrected chi connectivity index (χ4v) is 3.50. The number of aryl methyl sites for hydroxylation is 2. The molecule has 2 unspecified atom stereocenters. The lowest BCUT2D eigenvalue weighted by Crippen LogP contribution is -2.47. The van der Waals surface area contributed by atoms with Crippen LogP contribution in [0, 0.1) is 13.8 Å². The Morgan fingerprint density at radius 2 is 1.54 bits per heavy atom. The van der Waals surface area contributed by atoms with Crippen LogP contribution in [0.5, 0.6) is 0 Å². The molecule has 4 N–H and O–H groups in total. The van der Waals surface area contributed by atoms with Crippen molar-refractivity contribution >= 4 is 16.2 Å². The first-order valence-corrected chi connectivity index (χ1v) is 10.4. The van der Waals surface area contributed by atoms with E-state index >= 15 is 0 Å². The van der Waals surface area contributed by atoms with E-state index in [2.05, 4.69) is 0 Å². The van der Waals surface area contributed by atoms with Crippen LogP contribution in [-0.2, 0) is 10.1 Å². The van der Waals surface area contributed by atoms with Gasteiger partial charge in [-0.3, -0.25) is 4.55 Å². The molecule has 1 aliphatic rings. The number of amides is 1. The van der Waals surface area contributed by atoms with Crippen LogP contribution in [0.1, 0.15) is 29.0 Å². The number of nitrogens with zero attached hydrogens (tertiary/aromatic N) is 1. The highest BCUT2D eigenvalue weighted by atomic mass is 32.2. The summed E-state index contributed by atoms with van der Waals surface area (Å²) in [4.78, 5) is 12.4. The molecule has 1 saturated heterocycles. The van der Waals surface area contributed by atoms with E-state index in [1.807, 2.05) is 38.1 Å². The molecule has 2 aromatic rings. The summed E-state index contributed by atoms with van der Waals surface area (Å²) in [7, 11) is -4.02. The third-order valence-electron chi connectivity index (χ3n) is 4.76. The van der Waals surface area contributed by atoms with Crippen molar-refractivity contribution in [3.63, 3.8) is 0 Å². The molecule has 0 radical (unpaired) electrons. The van der Waals surface area contributed by atoms with E-state index in [1.54, 1.807) is 12.1 Å². The summed E-state index contributed by atoms with van der Waals surface area (Å²) < 4.78 is 29.6. The number of carbonyl (C=O) groups is 1. The molecule has 0 aromatic heterocycles. The molecule has 28 heavy (non-hydrogen) atoms. The molecule has 1 heterocycles. The fourth-order valence-electron chi connectivity index (χ4n) is 3.02. The number of benzene rings is 2. The van der Waals surface area contributed by atoms with Crippen molar-refractivity contribution in [2.24, 2.45) is 5.73 Å². The molecule has 2 aromatic carbocycles. The summed E-state index contributed by atoms with van der Waals surface area (Å²) >= 11 is 0. The first-order chi connectivity index (χ1) is 13.1. The molecule has 8 heteroatoms. The zero-order valence-corrected chi connectivity index (χ0v) is 16.8. The second kappa shape index (κ2) is 9.18. The molecule has 1 amide bonds. The number of piperidine rings is 1. The maximum atomic E-state index is 11.0. The van der Waals surface area contributed by atoms with Gasteiger partial charge in [0, 0.05) is 25.0 Å². The average Bonchev–Trinajstić information content (AvgIpc) is 2.63. The Hall–Kier alpha value is -2.42. The minimum Gasteiger partial charge on any atom is -0.465 e. The van der Waals surface area contributed by atoms with Gasteiger partial charge in [-0.2, -0.15) is 8.42 Å². The largest absolute Gasteiger partial charge is 0.465 e. The fraction of sp³-hybridized carbons (Fsp3) is 0.350. The molecular weight excluding hydrogens is 380 g/mol. The van der Waals surface area contributed by atoms with Crippen molar-refractivity contribution in [2.75, 3.05) is 13.1 Å². The molecule has 7 nitrogen and oxygen atoms in total. The van der Waals surface area contributed by atoms with Crippen LogP contribution in [0.15, 0.2) is 53.4 Å². The second-order valence-corrected chi connectivity index (χ2v) is 8.41. The highest BCUT2D eigenvalue weighted by Gasteiger charge is 2.30. The van der Waals surface area contributed by atoms with E-state index in [0.717, 1.165) is 17.5 Å². The van der Waals surface area contributed by atoms with Crippen molar-refractivity contribution in [3.8, 4) is 0 Å². The van der Waals surface area contributed by atoms with Crippen LogP contribution in [0.4, 0.5) is 4.79 Å². The normalized spacial score (nSPS) is 19.5. The maximum Gasteiger partial charge on any atom is 0.407 e. The molecule has 0 bridgehead atoms. The van der Waals surface area contributed by atoms with E-state index in [0.29, 0.717) is 13.1 Å². The molecule has 0 saturated carbocycles. The van der Waals surface area contributed by atoms with Crippen molar-refractivity contribution in [2.45, 2.75) is 37.1 Å². The molecule has 3 rings (SSSR count). The number of nitrogens with two attached hydrogens (primary N) is 1. The number of carboxylic acid groups (broad SMARTS) is 1. The third kappa shape index (κ3) is 6.05. The lowest BCUT2D eigenvalue weighted by atomic mass is 9.86. The van der Waals surface area contributed by atoms with Gasteiger partial charge in [-0.05, 0) is 38.0 Å². The van der Waals surface area contributed by atoms with Gasteiger partial charge in [-0.1, -0.05) is 47.5 Å². The van der Waals surface area contributed by atoms with Crippen LogP contribution in [0.2, 0.25) is 0 Å². The Labute approximate surface area is 165 Å². The Bertz CT molecular complexity index is 895. The highest BCUT2D eigenvalue weighted by Crippen LogP contribution is 2.26. The molecule has 0 aliphatic carbocycles. The van der Waals surface area contributed by atoms with E-state index in [4.69, 9.17) is 15.4 Å². The van der Waals surface area contributed by atoms with Crippen LogP contribution >= 0.6 is 0 Å². The Balaban J connectivity index is 0.000000221. The topological polar surface area (TPSA) is 121 Å². The van der Waals surface area contributed by atoms with Gasteiger partial charge in [0.05, 0.1) is 4.90 Å². The number of likely N-dealkylation sites (tertiary alicyclic amines) is 1. The summed E-state index contributed by atoms with van der Waals surface area (Å²) in [6, 6.07) is 14.2. The Morgan fingerprint density at radius 1 is 1.04 bits per heavy atom. The van der Waals surface area contributed by atoms with Crippen molar-refractivity contribution in [1.82, 2.24) is 4.90 Å². The van der Waals surface area contributed by atoms with E-state index in [1.165, 1.54) is 22.6 Å². The SMILES string of the molecule is Cc1ccc(C2CN(C(=O)O)CCC2N)cc1.Cc1ccc(S(=O)(=O)O)cc1. The average molecular weight is 407 g/mol. The quantitative estimate of drug-likeness (QED) is 0.659. The van der Waals surface area contributed by atoms with E-state index in [9.17, 15) is 13.2 Å². The minimum absolute atomic E-state index is 0.0494. The molecule has 2 atom stereocenters. The van der Waals surface area contributed by atoms with Gasteiger partial charge in [-0.25, -0.2) is 4.79 Å². The van der Waals surface area contributed by atoms with Gasteiger partial charge in [0.1, 0.15) is 0 Å². The van der Waals surface area contributed by atoms with Crippen LogP contribution < -0.4 is 5.73 Å². The van der Waals surface area contributed by atoms with Crippen molar-refractivity contribution in [1.29, 1.82) is 0 Å². The second-order valence-electron chi connectivity index (χ2n) is 6.99. The minimum atomic E-state index is -4.02. The van der Waals surface area contributed by atoms with Gasteiger partial charge in [-0.15, -0.1) is 0 Å². The summed E-state index contributed by atoms with van der Waals surface area (Å²) in [5.74, 6) is 0.112. The molecule has 1 aliphatic heterocycles. The van der Waals surface area contributed by atoms with Gasteiger partial charge in [0.15, 0.2) is 0 Å².